The normalized spacial score (nSPS) is 29.4. The van der Waals surface area contributed by atoms with E-state index < -0.39 is 0 Å². The van der Waals surface area contributed by atoms with Crippen LogP contribution in [0.2, 0.25) is 0 Å². The predicted molar refractivity (Wildman–Crippen MR) is 75.9 cm³/mol. The Kier molecular flexibility index (Phi) is 5.08. The van der Waals surface area contributed by atoms with Gasteiger partial charge in [0.15, 0.2) is 0 Å². The Morgan fingerprint density at radius 3 is 2.53 bits per heavy atom. The van der Waals surface area contributed by atoms with Gasteiger partial charge in [-0.05, 0) is 38.5 Å². The molecule has 2 rings (SSSR count). The molecule has 4 nitrogen and oxygen atoms in total. The van der Waals surface area contributed by atoms with Crippen LogP contribution in [0.4, 0.5) is 4.79 Å². The van der Waals surface area contributed by atoms with Crippen LogP contribution in [0.1, 0.15) is 51.9 Å². The smallest absolute Gasteiger partial charge is 0.317 e. The van der Waals surface area contributed by atoms with Gasteiger partial charge < -0.3 is 15.3 Å². The number of amides is 2. The Balaban J connectivity index is 1.74. The molecular weight excluding hydrogens is 240 g/mol. The van der Waals surface area contributed by atoms with E-state index in [4.69, 9.17) is 0 Å². The van der Waals surface area contributed by atoms with Crippen molar-refractivity contribution in [2.24, 2.45) is 11.8 Å². The van der Waals surface area contributed by atoms with Crippen molar-refractivity contribution in [1.29, 1.82) is 0 Å². The zero-order chi connectivity index (χ0) is 13.8. The third-order valence-corrected chi connectivity index (χ3v) is 4.93. The van der Waals surface area contributed by atoms with Crippen LogP contribution in [0.3, 0.4) is 0 Å². The van der Waals surface area contributed by atoms with Gasteiger partial charge in [-0.15, -0.1) is 0 Å². The second-order valence-corrected chi connectivity index (χ2v) is 6.42. The molecule has 2 aliphatic carbocycles. The molecule has 2 amide bonds. The predicted octanol–water partition coefficient (Wildman–Crippen LogP) is 2.37. The Labute approximate surface area is 116 Å². The highest BCUT2D eigenvalue weighted by atomic mass is 16.3. The van der Waals surface area contributed by atoms with Crippen molar-refractivity contribution >= 4 is 6.03 Å². The Hall–Kier alpha value is -0.770. The fourth-order valence-corrected chi connectivity index (χ4v) is 3.20. The Morgan fingerprint density at radius 2 is 1.95 bits per heavy atom. The van der Waals surface area contributed by atoms with Crippen molar-refractivity contribution in [3.05, 3.63) is 0 Å². The molecule has 0 spiro atoms. The molecule has 2 N–H and O–H groups in total. The fourth-order valence-electron chi connectivity index (χ4n) is 3.20. The maximum absolute atomic E-state index is 12.1. The van der Waals surface area contributed by atoms with Gasteiger partial charge in [0.05, 0.1) is 6.10 Å². The van der Waals surface area contributed by atoms with Crippen LogP contribution in [-0.2, 0) is 0 Å². The van der Waals surface area contributed by atoms with Gasteiger partial charge in [0.1, 0.15) is 0 Å². The monoisotopic (exact) mass is 268 g/mol. The summed E-state index contributed by atoms with van der Waals surface area (Å²) in [6.45, 7) is 2.77. The summed E-state index contributed by atoms with van der Waals surface area (Å²) in [6, 6.07) is 0.289. The van der Waals surface area contributed by atoms with Crippen LogP contribution in [0.15, 0.2) is 0 Å². The van der Waals surface area contributed by atoms with E-state index in [1.165, 1.54) is 25.7 Å². The van der Waals surface area contributed by atoms with Gasteiger partial charge in [0.25, 0.3) is 0 Å². The van der Waals surface area contributed by atoms with E-state index in [0.29, 0.717) is 12.5 Å². The number of carbonyl (C=O) groups excluding carboxylic acids is 1. The maximum atomic E-state index is 12.1. The standard InChI is InChI=1S/C15H28N2O2/c1-11(12-7-5-8-12)16-15(19)17(2)10-13-6-3-4-9-14(13)18/h11-14,18H,3-10H2,1-2H3,(H,16,19)/t11-,13+,14+/m0/s1. The Morgan fingerprint density at radius 1 is 1.26 bits per heavy atom. The average Bonchev–Trinajstić information content (AvgIpc) is 2.29. The first kappa shape index (κ1) is 14.6. The van der Waals surface area contributed by atoms with Crippen LogP contribution in [0, 0.1) is 11.8 Å². The number of carbonyl (C=O) groups is 1. The molecule has 4 heteroatoms. The fraction of sp³-hybridized carbons (Fsp3) is 0.933. The van der Waals surface area contributed by atoms with Gasteiger partial charge >= 0.3 is 6.03 Å². The van der Waals surface area contributed by atoms with E-state index in [1.54, 1.807) is 4.90 Å². The molecule has 19 heavy (non-hydrogen) atoms. The minimum Gasteiger partial charge on any atom is -0.393 e. The molecule has 0 unspecified atom stereocenters. The van der Waals surface area contributed by atoms with Crippen molar-refractivity contribution < 1.29 is 9.90 Å². The van der Waals surface area contributed by atoms with Crippen LogP contribution < -0.4 is 5.32 Å². The van der Waals surface area contributed by atoms with Crippen molar-refractivity contribution in [3.8, 4) is 0 Å². The molecule has 0 aromatic carbocycles. The third-order valence-electron chi connectivity index (χ3n) is 4.93. The quantitative estimate of drug-likeness (QED) is 0.822. The van der Waals surface area contributed by atoms with Gasteiger partial charge in [-0.2, -0.15) is 0 Å². The van der Waals surface area contributed by atoms with Gasteiger partial charge in [0.2, 0.25) is 0 Å². The summed E-state index contributed by atoms with van der Waals surface area (Å²) >= 11 is 0. The number of hydrogen-bond acceptors (Lipinski definition) is 2. The zero-order valence-corrected chi connectivity index (χ0v) is 12.3. The number of nitrogens with one attached hydrogen (secondary N) is 1. The summed E-state index contributed by atoms with van der Waals surface area (Å²) in [5.74, 6) is 0.918. The number of urea groups is 1. The van der Waals surface area contributed by atoms with E-state index in [-0.39, 0.29) is 24.1 Å². The van der Waals surface area contributed by atoms with Crippen LogP contribution in [0.5, 0.6) is 0 Å². The average molecular weight is 268 g/mol. The minimum atomic E-state index is -0.229. The summed E-state index contributed by atoms with van der Waals surface area (Å²) in [4.78, 5) is 13.9. The number of nitrogens with zero attached hydrogens (tertiary/aromatic N) is 1. The van der Waals surface area contributed by atoms with E-state index in [0.717, 1.165) is 19.3 Å². The first-order chi connectivity index (χ1) is 9.08. The van der Waals surface area contributed by atoms with Crippen molar-refractivity contribution in [1.82, 2.24) is 10.2 Å². The number of rotatable bonds is 4. The van der Waals surface area contributed by atoms with Crippen molar-refractivity contribution in [2.45, 2.75) is 64.0 Å². The van der Waals surface area contributed by atoms with Gasteiger partial charge in [-0.3, -0.25) is 0 Å². The summed E-state index contributed by atoms with van der Waals surface area (Å²) in [5.41, 5.74) is 0. The zero-order valence-electron chi connectivity index (χ0n) is 12.3. The molecule has 0 bridgehead atoms. The number of hydrogen-bond donors (Lipinski definition) is 2. The number of aliphatic hydroxyl groups is 1. The summed E-state index contributed by atoms with van der Waals surface area (Å²) in [6.07, 6.45) is 7.78. The van der Waals surface area contributed by atoms with Gasteiger partial charge in [-0.1, -0.05) is 19.3 Å². The molecule has 0 aromatic rings. The lowest BCUT2D eigenvalue weighted by molar-refractivity contribution is 0.0559. The first-order valence-electron chi connectivity index (χ1n) is 7.77. The summed E-state index contributed by atoms with van der Waals surface area (Å²) in [5, 5.41) is 13.0. The van der Waals surface area contributed by atoms with Crippen molar-refractivity contribution in [3.63, 3.8) is 0 Å². The maximum Gasteiger partial charge on any atom is 0.317 e. The molecule has 110 valence electrons. The molecule has 0 aromatic heterocycles. The highest BCUT2D eigenvalue weighted by molar-refractivity contribution is 5.74. The molecule has 0 saturated heterocycles. The lowest BCUT2D eigenvalue weighted by Gasteiger charge is -2.35. The van der Waals surface area contributed by atoms with Crippen LogP contribution in [0.25, 0.3) is 0 Å². The largest absolute Gasteiger partial charge is 0.393 e. The lowest BCUT2D eigenvalue weighted by Crippen LogP contribution is -2.48. The molecule has 2 aliphatic rings. The second-order valence-electron chi connectivity index (χ2n) is 6.42. The van der Waals surface area contributed by atoms with Gasteiger partial charge in [-0.25, -0.2) is 4.79 Å². The minimum absolute atomic E-state index is 0.0113. The first-order valence-corrected chi connectivity index (χ1v) is 7.77. The summed E-state index contributed by atoms with van der Waals surface area (Å²) < 4.78 is 0. The second kappa shape index (κ2) is 6.60. The van der Waals surface area contributed by atoms with E-state index in [2.05, 4.69) is 12.2 Å². The molecule has 0 heterocycles. The van der Waals surface area contributed by atoms with Gasteiger partial charge in [0, 0.05) is 25.6 Å². The van der Waals surface area contributed by atoms with Crippen LogP contribution in [-0.4, -0.2) is 41.8 Å². The van der Waals surface area contributed by atoms with E-state index in [1.807, 2.05) is 7.05 Å². The van der Waals surface area contributed by atoms with E-state index >= 15 is 0 Å². The molecule has 2 fully saturated rings. The lowest BCUT2D eigenvalue weighted by atomic mass is 9.80. The highest BCUT2D eigenvalue weighted by Crippen LogP contribution is 2.29. The third kappa shape index (κ3) is 3.85. The molecule has 3 atom stereocenters. The van der Waals surface area contributed by atoms with E-state index in [9.17, 15) is 9.90 Å². The molecule has 0 aliphatic heterocycles. The topological polar surface area (TPSA) is 52.6 Å². The molecule has 0 radical (unpaired) electrons. The Bertz CT molecular complexity index is 305. The molecular formula is C15H28N2O2. The SMILES string of the molecule is C[C@H](NC(=O)N(C)C[C@H]1CCCC[C@H]1O)C1CCC1. The number of aliphatic hydroxyl groups excluding tert-OH is 1. The summed E-state index contributed by atoms with van der Waals surface area (Å²) in [7, 11) is 1.84. The molecule has 2 saturated carbocycles. The highest BCUT2D eigenvalue weighted by Gasteiger charge is 2.28. The van der Waals surface area contributed by atoms with Crippen LogP contribution >= 0.6 is 0 Å². The van der Waals surface area contributed by atoms with Crippen molar-refractivity contribution in [2.75, 3.05) is 13.6 Å².